The highest BCUT2D eigenvalue weighted by Gasteiger charge is 2.42. The van der Waals surface area contributed by atoms with Gasteiger partial charge < -0.3 is 4.40 Å². The largest absolute Gasteiger partial charge is 0.454 e. The molecule has 0 saturated carbocycles. The molecule has 2 rings (SSSR count). The van der Waals surface area contributed by atoms with E-state index in [4.69, 9.17) is 0 Å². The van der Waals surface area contributed by atoms with Crippen LogP contribution in [0.25, 0.3) is 11.6 Å². The Morgan fingerprint density at radius 1 is 1.04 bits per heavy atom. The number of rotatable bonds is 3. The highest BCUT2D eigenvalue weighted by atomic mass is 19.4. The number of hydrogen-bond donors (Lipinski definition) is 0. The van der Waals surface area contributed by atoms with Crippen molar-refractivity contribution in [2.75, 3.05) is 0 Å². The van der Waals surface area contributed by atoms with Gasteiger partial charge in [0.05, 0.1) is 11.1 Å². The van der Waals surface area contributed by atoms with E-state index in [1.165, 1.54) is 31.3 Å². The van der Waals surface area contributed by atoms with Crippen molar-refractivity contribution in [3.63, 3.8) is 0 Å². The first-order valence-corrected chi connectivity index (χ1v) is 6.45. The summed E-state index contributed by atoms with van der Waals surface area (Å²) in [6.07, 6.45) is -7.99. The zero-order valence-electron chi connectivity index (χ0n) is 12.0. The molecule has 0 bridgehead atoms. The average molecular weight is 349 g/mol. The second kappa shape index (κ2) is 5.81. The molecule has 128 valence electrons. The van der Waals surface area contributed by atoms with Gasteiger partial charge in [-0.2, -0.15) is 26.3 Å². The van der Waals surface area contributed by atoms with Gasteiger partial charge in [-0.3, -0.25) is 9.59 Å². The molecule has 0 amide bonds. The van der Waals surface area contributed by atoms with E-state index in [0.717, 1.165) is 10.5 Å². The molecule has 0 fully saturated rings. The Morgan fingerprint density at radius 2 is 1.67 bits per heavy atom. The molecule has 0 atom stereocenters. The molecular weight excluding hydrogens is 340 g/mol. The van der Waals surface area contributed by atoms with Gasteiger partial charge in [0.25, 0.3) is 11.6 Å². The second-order valence-electron chi connectivity index (χ2n) is 4.86. The molecule has 2 aromatic heterocycles. The van der Waals surface area contributed by atoms with Crippen molar-refractivity contribution >= 4 is 23.2 Å². The molecule has 0 unspecified atom stereocenters. The Balaban J connectivity index is 2.65. The normalized spacial score (nSPS) is 13.0. The maximum Gasteiger partial charge on any atom is 0.454 e. The number of fused-ring (bicyclic) bond motifs is 1. The fourth-order valence-electron chi connectivity index (χ4n) is 2.24. The van der Waals surface area contributed by atoms with Gasteiger partial charge in [-0.1, -0.05) is 6.07 Å². The second-order valence-corrected chi connectivity index (χ2v) is 4.86. The Kier molecular flexibility index (Phi) is 4.30. The van der Waals surface area contributed by atoms with Crippen LogP contribution >= 0.6 is 0 Å². The Bertz CT molecular complexity index is 842. The number of aromatic nitrogens is 1. The molecule has 0 spiro atoms. The van der Waals surface area contributed by atoms with Crippen LogP contribution in [0.4, 0.5) is 26.3 Å². The molecule has 9 heteroatoms. The molecule has 24 heavy (non-hydrogen) atoms. The first kappa shape index (κ1) is 17.8. The molecule has 0 radical (unpaired) electrons. The first-order chi connectivity index (χ1) is 10.9. The van der Waals surface area contributed by atoms with Crippen molar-refractivity contribution in [2.45, 2.75) is 19.3 Å². The summed E-state index contributed by atoms with van der Waals surface area (Å²) in [6, 6.07) is 4.04. The zero-order chi connectivity index (χ0) is 18.3. The van der Waals surface area contributed by atoms with Crippen LogP contribution in [0.2, 0.25) is 0 Å². The molecule has 0 N–H and O–H groups in total. The van der Waals surface area contributed by atoms with Crippen LogP contribution in [0.3, 0.4) is 0 Å². The number of Topliss-reactive ketones (excluding diaryl/α,β-unsaturated/α-hetero) is 1. The lowest BCUT2D eigenvalue weighted by molar-refractivity contribution is -0.165. The van der Waals surface area contributed by atoms with Gasteiger partial charge >= 0.3 is 12.4 Å². The number of halogens is 6. The third kappa shape index (κ3) is 3.19. The van der Waals surface area contributed by atoms with Gasteiger partial charge in [-0.05, 0) is 36.8 Å². The Hall–Kier alpha value is -2.58. The third-order valence-electron chi connectivity index (χ3n) is 3.29. The van der Waals surface area contributed by atoms with Crippen LogP contribution in [0.15, 0.2) is 30.5 Å². The SMILES string of the molecule is Cc1c(C(=O)C(F)(F)F)c2ccccn2c1C=CC(=O)C(F)(F)F. The molecule has 2 aromatic rings. The lowest BCUT2D eigenvalue weighted by Crippen LogP contribution is -2.23. The summed E-state index contributed by atoms with van der Waals surface area (Å²) in [5.41, 5.74) is -1.07. The molecule has 3 nitrogen and oxygen atoms in total. The van der Waals surface area contributed by atoms with E-state index in [2.05, 4.69) is 0 Å². The number of pyridine rings is 1. The number of ketones is 2. The Morgan fingerprint density at radius 3 is 2.21 bits per heavy atom. The molecule has 0 aliphatic carbocycles. The highest BCUT2D eigenvalue weighted by molar-refractivity contribution is 6.08. The van der Waals surface area contributed by atoms with Crippen LogP contribution in [0.5, 0.6) is 0 Å². The Labute approximate surface area is 131 Å². The van der Waals surface area contributed by atoms with Crippen LogP contribution in [-0.2, 0) is 4.79 Å². The summed E-state index contributed by atoms with van der Waals surface area (Å²) in [7, 11) is 0. The van der Waals surface area contributed by atoms with Crippen LogP contribution in [-0.4, -0.2) is 28.3 Å². The van der Waals surface area contributed by atoms with Gasteiger partial charge in [0.15, 0.2) is 0 Å². The van der Waals surface area contributed by atoms with Gasteiger partial charge in [0.1, 0.15) is 0 Å². The number of hydrogen-bond acceptors (Lipinski definition) is 2. The van der Waals surface area contributed by atoms with Crippen molar-refractivity contribution in [3.05, 3.63) is 47.3 Å². The quantitative estimate of drug-likeness (QED) is 0.475. The minimum absolute atomic E-state index is 0.114. The highest BCUT2D eigenvalue weighted by Crippen LogP contribution is 2.31. The number of allylic oxidation sites excluding steroid dienone is 1. The fraction of sp³-hybridized carbons (Fsp3) is 0.200. The monoisotopic (exact) mass is 349 g/mol. The van der Waals surface area contributed by atoms with Crippen LogP contribution in [0, 0.1) is 6.92 Å². The van der Waals surface area contributed by atoms with Crippen molar-refractivity contribution in [1.82, 2.24) is 4.40 Å². The van der Waals surface area contributed by atoms with Crippen molar-refractivity contribution in [2.24, 2.45) is 0 Å². The maximum absolute atomic E-state index is 12.7. The first-order valence-electron chi connectivity index (χ1n) is 6.45. The minimum atomic E-state index is -5.13. The lowest BCUT2D eigenvalue weighted by atomic mass is 10.1. The number of carbonyl (C=O) groups excluding carboxylic acids is 2. The summed E-state index contributed by atoms with van der Waals surface area (Å²) in [5.74, 6) is -4.26. The smallest absolute Gasteiger partial charge is 0.316 e. The van der Waals surface area contributed by atoms with E-state index in [1.807, 2.05) is 0 Å². The standard InChI is InChI=1S/C15H9F6NO2/c1-8-9(5-6-11(23)14(16,17)18)22-7-3-2-4-10(22)12(8)13(24)15(19,20)21/h2-7H,1H3. The minimum Gasteiger partial charge on any atom is -0.316 e. The third-order valence-corrected chi connectivity index (χ3v) is 3.29. The summed E-state index contributed by atoms with van der Waals surface area (Å²) >= 11 is 0. The molecule has 0 saturated heterocycles. The predicted octanol–water partition coefficient (Wildman–Crippen LogP) is 4.14. The maximum atomic E-state index is 12.7. The lowest BCUT2D eigenvalue weighted by Gasteiger charge is -2.05. The van der Waals surface area contributed by atoms with Crippen molar-refractivity contribution in [1.29, 1.82) is 0 Å². The van der Waals surface area contributed by atoms with Gasteiger partial charge in [-0.15, -0.1) is 0 Å². The van der Waals surface area contributed by atoms with Gasteiger partial charge in [-0.25, -0.2) is 0 Å². The van der Waals surface area contributed by atoms with Crippen LogP contribution in [0.1, 0.15) is 21.6 Å². The summed E-state index contributed by atoms with van der Waals surface area (Å²) in [5, 5.41) is 0. The molecule has 0 aliphatic heterocycles. The van der Waals surface area contributed by atoms with E-state index in [0.29, 0.717) is 0 Å². The average Bonchev–Trinajstić information content (AvgIpc) is 2.73. The zero-order valence-corrected chi connectivity index (χ0v) is 12.0. The van der Waals surface area contributed by atoms with Gasteiger partial charge in [0.2, 0.25) is 0 Å². The van der Waals surface area contributed by atoms with E-state index >= 15 is 0 Å². The summed E-state index contributed by atoms with van der Waals surface area (Å²) in [6.45, 7) is 1.17. The van der Waals surface area contributed by atoms with E-state index in [9.17, 15) is 35.9 Å². The topological polar surface area (TPSA) is 38.5 Å². The van der Waals surface area contributed by atoms with Crippen molar-refractivity contribution < 1.29 is 35.9 Å². The van der Waals surface area contributed by atoms with E-state index in [-0.39, 0.29) is 22.9 Å². The van der Waals surface area contributed by atoms with Crippen LogP contribution < -0.4 is 0 Å². The van der Waals surface area contributed by atoms with Crippen molar-refractivity contribution in [3.8, 4) is 0 Å². The number of carbonyl (C=O) groups is 2. The predicted molar refractivity (Wildman–Crippen MR) is 72.6 cm³/mol. The molecule has 0 aromatic carbocycles. The van der Waals surface area contributed by atoms with E-state index in [1.54, 1.807) is 0 Å². The number of nitrogens with zero attached hydrogens (tertiary/aromatic N) is 1. The van der Waals surface area contributed by atoms with E-state index < -0.39 is 29.5 Å². The number of alkyl halides is 6. The summed E-state index contributed by atoms with van der Waals surface area (Å²) < 4.78 is 76.1. The molecule has 0 aliphatic rings. The molecule has 2 heterocycles. The van der Waals surface area contributed by atoms with Gasteiger partial charge in [0, 0.05) is 11.9 Å². The molecular formula is C15H9F6NO2. The summed E-state index contributed by atoms with van der Waals surface area (Å²) in [4.78, 5) is 22.5. The fourth-order valence-corrected chi connectivity index (χ4v) is 2.24.